The van der Waals surface area contributed by atoms with Crippen LogP contribution in [0, 0.1) is 0 Å². The van der Waals surface area contributed by atoms with E-state index < -0.39 is 10.0 Å². The lowest BCUT2D eigenvalue weighted by atomic mass is 10.2. The number of halogens is 2. The predicted octanol–water partition coefficient (Wildman–Crippen LogP) is 3.52. The maximum absolute atomic E-state index is 12.6. The molecule has 0 unspecified atom stereocenters. The summed E-state index contributed by atoms with van der Waals surface area (Å²) in [5.74, 6) is 0. The Hall–Kier alpha value is -0.330. The number of sulfonamides is 1. The summed E-state index contributed by atoms with van der Waals surface area (Å²) in [6.45, 7) is 8.82. The fourth-order valence-corrected chi connectivity index (χ4v) is 4.29. The van der Waals surface area contributed by atoms with E-state index in [1.54, 1.807) is 19.9 Å². The van der Waals surface area contributed by atoms with Crippen molar-refractivity contribution < 1.29 is 8.42 Å². The smallest absolute Gasteiger partial charge is 0.244 e. The van der Waals surface area contributed by atoms with Crippen LogP contribution in [-0.4, -0.2) is 31.9 Å². The summed E-state index contributed by atoms with van der Waals surface area (Å²) in [6, 6.07) is 3.30. The number of hydrogen-bond donors (Lipinski definition) is 1. The summed E-state index contributed by atoms with van der Waals surface area (Å²) in [5, 5.41) is 3.86. The topological polar surface area (TPSA) is 49.4 Å². The summed E-state index contributed by atoms with van der Waals surface area (Å²) in [5.41, 5.74) is 0.611. The van der Waals surface area contributed by atoms with Gasteiger partial charge in [-0.1, -0.05) is 50.9 Å². The van der Waals surface area contributed by atoms with Crippen LogP contribution >= 0.6 is 23.2 Å². The minimum Gasteiger partial charge on any atom is -0.310 e. The predicted molar refractivity (Wildman–Crippen MR) is 88.5 cm³/mol. The van der Waals surface area contributed by atoms with Gasteiger partial charge in [-0.3, -0.25) is 0 Å². The van der Waals surface area contributed by atoms with Crippen molar-refractivity contribution in [2.45, 2.75) is 45.2 Å². The fraction of sp³-hybridized carbons (Fsp3) is 0.571. The Morgan fingerprint density at radius 3 is 2.24 bits per heavy atom. The number of hydrogen-bond acceptors (Lipinski definition) is 3. The molecule has 0 heterocycles. The number of benzene rings is 1. The van der Waals surface area contributed by atoms with Crippen LogP contribution in [0.25, 0.3) is 0 Å². The van der Waals surface area contributed by atoms with E-state index in [0.717, 1.165) is 0 Å². The fourth-order valence-electron chi connectivity index (χ4n) is 1.95. The van der Waals surface area contributed by atoms with Gasteiger partial charge in [-0.25, -0.2) is 8.42 Å². The van der Waals surface area contributed by atoms with Gasteiger partial charge in [-0.15, -0.1) is 0 Å². The maximum atomic E-state index is 12.6. The van der Waals surface area contributed by atoms with E-state index in [1.165, 1.54) is 10.4 Å². The SMILES string of the molecule is CCN(CC)S(=O)(=O)c1ccc(Cl)c(CNC(C)C)c1Cl. The van der Waals surface area contributed by atoms with Crippen LogP contribution in [-0.2, 0) is 16.6 Å². The lowest BCUT2D eigenvalue weighted by molar-refractivity contribution is 0.445. The highest BCUT2D eigenvalue weighted by Gasteiger charge is 2.26. The molecule has 1 rings (SSSR count). The lowest BCUT2D eigenvalue weighted by Gasteiger charge is -2.21. The zero-order valence-electron chi connectivity index (χ0n) is 12.8. The number of nitrogens with zero attached hydrogens (tertiary/aromatic N) is 1. The minimum atomic E-state index is -3.59. The van der Waals surface area contributed by atoms with Crippen LogP contribution in [0.5, 0.6) is 0 Å². The van der Waals surface area contributed by atoms with Crippen molar-refractivity contribution in [3.63, 3.8) is 0 Å². The second kappa shape index (κ2) is 7.79. The second-order valence-corrected chi connectivity index (χ2v) is 7.65. The highest BCUT2D eigenvalue weighted by molar-refractivity contribution is 7.89. The average molecular weight is 353 g/mol. The first-order valence-electron chi connectivity index (χ1n) is 6.96. The molecule has 120 valence electrons. The standard InChI is InChI=1S/C14H22Cl2N2O2S/c1-5-18(6-2)21(19,20)13-8-7-12(15)11(14(13)16)9-17-10(3)4/h7-8,10,17H,5-6,9H2,1-4H3. The molecule has 0 saturated carbocycles. The van der Waals surface area contributed by atoms with E-state index in [4.69, 9.17) is 23.2 Å². The van der Waals surface area contributed by atoms with Gasteiger partial charge in [0, 0.05) is 36.3 Å². The molecule has 1 aromatic rings. The molecular weight excluding hydrogens is 331 g/mol. The normalized spacial score (nSPS) is 12.4. The Morgan fingerprint density at radius 2 is 1.76 bits per heavy atom. The van der Waals surface area contributed by atoms with Crippen LogP contribution in [0.3, 0.4) is 0 Å². The molecule has 1 aromatic carbocycles. The Balaban J connectivity index is 3.30. The molecule has 0 aromatic heterocycles. The lowest BCUT2D eigenvalue weighted by Crippen LogP contribution is -2.31. The van der Waals surface area contributed by atoms with Gasteiger partial charge in [-0.05, 0) is 12.1 Å². The molecule has 0 aliphatic rings. The van der Waals surface area contributed by atoms with Crippen LogP contribution in [0.1, 0.15) is 33.3 Å². The molecule has 21 heavy (non-hydrogen) atoms. The van der Waals surface area contributed by atoms with Crippen LogP contribution < -0.4 is 5.32 Å². The molecule has 0 amide bonds. The summed E-state index contributed by atoms with van der Waals surface area (Å²) >= 11 is 12.5. The second-order valence-electron chi connectivity index (χ2n) is 4.96. The first kappa shape index (κ1) is 18.7. The summed E-state index contributed by atoms with van der Waals surface area (Å²) in [4.78, 5) is 0.109. The van der Waals surface area contributed by atoms with Gasteiger partial charge in [0.2, 0.25) is 10.0 Å². The molecule has 7 heteroatoms. The van der Waals surface area contributed by atoms with Crippen LogP contribution in [0.2, 0.25) is 10.0 Å². The third-order valence-corrected chi connectivity index (χ3v) is 6.15. The van der Waals surface area contributed by atoms with E-state index in [0.29, 0.717) is 30.2 Å². The largest absolute Gasteiger partial charge is 0.310 e. The van der Waals surface area contributed by atoms with Gasteiger partial charge in [0.25, 0.3) is 0 Å². The highest BCUT2D eigenvalue weighted by Crippen LogP contribution is 2.32. The molecule has 0 aliphatic carbocycles. The third-order valence-electron chi connectivity index (χ3n) is 3.16. The molecule has 1 N–H and O–H groups in total. The van der Waals surface area contributed by atoms with Crippen molar-refractivity contribution in [2.75, 3.05) is 13.1 Å². The van der Waals surface area contributed by atoms with E-state index in [2.05, 4.69) is 5.32 Å². The Labute approximate surface area is 137 Å². The highest BCUT2D eigenvalue weighted by atomic mass is 35.5. The van der Waals surface area contributed by atoms with Gasteiger partial charge >= 0.3 is 0 Å². The Kier molecular flexibility index (Phi) is 6.94. The number of rotatable bonds is 7. The molecule has 0 spiro atoms. The van der Waals surface area contributed by atoms with E-state index >= 15 is 0 Å². The summed E-state index contributed by atoms with van der Waals surface area (Å²) < 4.78 is 26.6. The zero-order chi connectivity index (χ0) is 16.2. The van der Waals surface area contributed by atoms with Crippen molar-refractivity contribution >= 4 is 33.2 Å². The molecule has 0 radical (unpaired) electrons. The van der Waals surface area contributed by atoms with Crippen molar-refractivity contribution in [3.05, 3.63) is 27.7 Å². The van der Waals surface area contributed by atoms with Crippen molar-refractivity contribution in [1.29, 1.82) is 0 Å². The molecule has 0 fully saturated rings. The van der Waals surface area contributed by atoms with Gasteiger partial charge < -0.3 is 5.32 Å². The van der Waals surface area contributed by atoms with Gasteiger partial charge in [0.05, 0.1) is 5.02 Å². The summed E-state index contributed by atoms with van der Waals surface area (Å²) in [7, 11) is -3.59. The van der Waals surface area contributed by atoms with Gasteiger partial charge in [0.1, 0.15) is 4.90 Å². The first-order chi connectivity index (χ1) is 9.75. The van der Waals surface area contributed by atoms with Crippen LogP contribution in [0.15, 0.2) is 17.0 Å². The molecule has 4 nitrogen and oxygen atoms in total. The molecule has 0 aliphatic heterocycles. The van der Waals surface area contributed by atoms with E-state index in [9.17, 15) is 8.42 Å². The van der Waals surface area contributed by atoms with Gasteiger partial charge in [0.15, 0.2) is 0 Å². The molecule has 0 saturated heterocycles. The quantitative estimate of drug-likeness (QED) is 0.816. The maximum Gasteiger partial charge on any atom is 0.244 e. The van der Waals surface area contributed by atoms with E-state index in [-0.39, 0.29) is 16.0 Å². The minimum absolute atomic E-state index is 0.109. The third kappa shape index (κ3) is 4.33. The van der Waals surface area contributed by atoms with E-state index in [1.807, 2.05) is 13.8 Å². The average Bonchev–Trinajstić information content (AvgIpc) is 2.38. The van der Waals surface area contributed by atoms with Crippen molar-refractivity contribution in [1.82, 2.24) is 9.62 Å². The molecule has 0 bridgehead atoms. The van der Waals surface area contributed by atoms with Crippen molar-refractivity contribution in [3.8, 4) is 0 Å². The zero-order valence-corrected chi connectivity index (χ0v) is 15.1. The monoisotopic (exact) mass is 352 g/mol. The summed E-state index contributed by atoms with van der Waals surface area (Å²) in [6.07, 6.45) is 0. The number of nitrogens with one attached hydrogen (secondary N) is 1. The molecule has 0 atom stereocenters. The first-order valence-corrected chi connectivity index (χ1v) is 9.15. The van der Waals surface area contributed by atoms with Crippen LogP contribution in [0.4, 0.5) is 0 Å². The Bertz CT molecular complexity index is 585. The Morgan fingerprint density at radius 1 is 1.19 bits per heavy atom. The van der Waals surface area contributed by atoms with Gasteiger partial charge in [-0.2, -0.15) is 4.31 Å². The van der Waals surface area contributed by atoms with Crippen molar-refractivity contribution in [2.24, 2.45) is 0 Å². The molecular formula is C14H22Cl2N2O2S.